The number of aromatic nitrogens is 2. The number of hydrogen-bond donors (Lipinski definition) is 0. The molecule has 0 aliphatic carbocycles. The molecule has 3 rings (SSSR count). The first-order valence-corrected chi connectivity index (χ1v) is 5.37. The van der Waals surface area contributed by atoms with Gasteiger partial charge in [0.25, 0.3) is 0 Å². The molecule has 1 aliphatic rings. The van der Waals surface area contributed by atoms with Crippen molar-refractivity contribution in [1.29, 1.82) is 0 Å². The van der Waals surface area contributed by atoms with Crippen molar-refractivity contribution >= 4 is 22.8 Å². The second kappa shape index (κ2) is 3.56. The molecule has 0 N–H and O–H groups in total. The van der Waals surface area contributed by atoms with E-state index in [-0.39, 0.29) is 5.91 Å². The van der Waals surface area contributed by atoms with Crippen LogP contribution in [0.2, 0.25) is 0 Å². The van der Waals surface area contributed by atoms with E-state index in [1.165, 1.54) is 0 Å². The van der Waals surface area contributed by atoms with Gasteiger partial charge in [-0.2, -0.15) is 0 Å². The predicted octanol–water partition coefficient (Wildman–Crippen LogP) is 1.76. The average molecular weight is 213 g/mol. The first kappa shape index (κ1) is 9.27. The van der Waals surface area contributed by atoms with Crippen LogP contribution in [0.4, 0.5) is 5.82 Å². The fourth-order valence-electron chi connectivity index (χ4n) is 1.97. The molecule has 80 valence electrons. The Morgan fingerprint density at radius 1 is 1.19 bits per heavy atom. The van der Waals surface area contributed by atoms with Gasteiger partial charge >= 0.3 is 0 Å². The van der Waals surface area contributed by atoms with Crippen molar-refractivity contribution in [3.63, 3.8) is 0 Å². The lowest BCUT2D eigenvalue weighted by atomic mass is 10.3. The Balaban J connectivity index is 2.08. The van der Waals surface area contributed by atoms with Crippen molar-refractivity contribution in [3.05, 3.63) is 30.5 Å². The predicted molar refractivity (Wildman–Crippen MR) is 61.1 cm³/mol. The van der Waals surface area contributed by atoms with E-state index in [1.807, 2.05) is 24.3 Å². The van der Waals surface area contributed by atoms with E-state index in [1.54, 1.807) is 11.1 Å². The minimum atomic E-state index is 0.143. The Morgan fingerprint density at radius 2 is 2.00 bits per heavy atom. The summed E-state index contributed by atoms with van der Waals surface area (Å²) in [5.74, 6) is 0.811. The molecule has 2 heterocycles. The second-order valence-electron chi connectivity index (χ2n) is 3.87. The zero-order valence-electron chi connectivity index (χ0n) is 8.76. The number of fused-ring (bicyclic) bond motifs is 1. The van der Waals surface area contributed by atoms with Gasteiger partial charge in [0.05, 0.1) is 17.2 Å². The molecule has 1 aromatic carbocycles. The zero-order chi connectivity index (χ0) is 11.0. The van der Waals surface area contributed by atoms with Crippen molar-refractivity contribution in [1.82, 2.24) is 9.97 Å². The van der Waals surface area contributed by atoms with Gasteiger partial charge in [-0.15, -0.1) is 0 Å². The largest absolute Gasteiger partial charge is 0.296 e. The van der Waals surface area contributed by atoms with E-state index in [0.717, 1.165) is 24.0 Å². The average Bonchev–Trinajstić information content (AvgIpc) is 2.75. The maximum atomic E-state index is 11.6. The summed E-state index contributed by atoms with van der Waals surface area (Å²) in [4.78, 5) is 22.0. The van der Waals surface area contributed by atoms with Crippen LogP contribution in [0, 0.1) is 0 Å². The molecule has 0 unspecified atom stereocenters. The number of para-hydroxylation sites is 2. The molecule has 0 saturated carbocycles. The van der Waals surface area contributed by atoms with E-state index in [4.69, 9.17) is 0 Å². The highest BCUT2D eigenvalue weighted by molar-refractivity contribution is 5.95. The Labute approximate surface area is 92.9 Å². The summed E-state index contributed by atoms with van der Waals surface area (Å²) in [7, 11) is 0. The summed E-state index contributed by atoms with van der Waals surface area (Å²) in [6, 6.07) is 7.68. The number of carbonyl (C=O) groups is 1. The monoisotopic (exact) mass is 213 g/mol. The second-order valence-corrected chi connectivity index (χ2v) is 3.87. The number of nitrogens with zero attached hydrogens (tertiary/aromatic N) is 3. The fraction of sp³-hybridized carbons (Fsp3) is 0.250. The third kappa shape index (κ3) is 1.43. The van der Waals surface area contributed by atoms with Crippen LogP contribution in [0.15, 0.2) is 30.5 Å². The zero-order valence-corrected chi connectivity index (χ0v) is 8.76. The Kier molecular flexibility index (Phi) is 2.06. The van der Waals surface area contributed by atoms with Gasteiger partial charge in [0.1, 0.15) is 0 Å². The van der Waals surface area contributed by atoms with Crippen LogP contribution in [0.5, 0.6) is 0 Å². The molecule has 1 aromatic heterocycles. The van der Waals surface area contributed by atoms with E-state index >= 15 is 0 Å². The minimum Gasteiger partial charge on any atom is -0.296 e. The first-order chi connectivity index (χ1) is 7.84. The molecule has 1 amide bonds. The molecule has 16 heavy (non-hydrogen) atoms. The summed E-state index contributed by atoms with van der Waals surface area (Å²) in [5.41, 5.74) is 1.69. The molecule has 1 aliphatic heterocycles. The number of benzene rings is 1. The maximum Gasteiger partial charge on any atom is 0.228 e. The summed E-state index contributed by atoms with van der Waals surface area (Å²) in [6.45, 7) is 0.756. The van der Waals surface area contributed by atoms with E-state index < -0.39 is 0 Å². The van der Waals surface area contributed by atoms with Crippen LogP contribution in [0.3, 0.4) is 0 Å². The first-order valence-electron chi connectivity index (χ1n) is 5.37. The van der Waals surface area contributed by atoms with Crippen LogP contribution >= 0.6 is 0 Å². The lowest BCUT2D eigenvalue weighted by molar-refractivity contribution is -0.117. The van der Waals surface area contributed by atoms with E-state index in [0.29, 0.717) is 12.2 Å². The quantitative estimate of drug-likeness (QED) is 0.725. The molecule has 1 fully saturated rings. The van der Waals surface area contributed by atoms with Crippen molar-refractivity contribution < 1.29 is 4.79 Å². The lowest BCUT2D eigenvalue weighted by Crippen LogP contribution is -2.24. The highest BCUT2D eigenvalue weighted by Crippen LogP contribution is 2.20. The molecule has 1 saturated heterocycles. The van der Waals surface area contributed by atoms with Gasteiger partial charge in [0, 0.05) is 13.0 Å². The molecule has 0 spiro atoms. The van der Waals surface area contributed by atoms with Gasteiger partial charge in [0.2, 0.25) is 5.91 Å². The SMILES string of the molecule is O=C1CCCN1c1cnc2ccccc2n1. The van der Waals surface area contributed by atoms with E-state index in [2.05, 4.69) is 9.97 Å². The molecule has 0 atom stereocenters. The number of amides is 1. The topological polar surface area (TPSA) is 46.1 Å². The molecule has 0 radical (unpaired) electrons. The third-order valence-electron chi connectivity index (χ3n) is 2.79. The normalized spacial score (nSPS) is 16.0. The van der Waals surface area contributed by atoms with Gasteiger partial charge < -0.3 is 0 Å². The van der Waals surface area contributed by atoms with Gasteiger partial charge in [-0.25, -0.2) is 4.98 Å². The summed E-state index contributed by atoms with van der Waals surface area (Å²) >= 11 is 0. The molecule has 2 aromatic rings. The van der Waals surface area contributed by atoms with Gasteiger partial charge in [-0.3, -0.25) is 14.7 Å². The molecular weight excluding hydrogens is 202 g/mol. The Morgan fingerprint density at radius 3 is 2.75 bits per heavy atom. The third-order valence-corrected chi connectivity index (χ3v) is 2.79. The summed E-state index contributed by atoms with van der Waals surface area (Å²) in [5, 5.41) is 0. The van der Waals surface area contributed by atoms with Gasteiger partial charge in [0.15, 0.2) is 5.82 Å². The lowest BCUT2D eigenvalue weighted by Gasteiger charge is -2.13. The van der Waals surface area contributed by atoms with Gasteiger partial charge in [-0.05, 0) is 18.6 Å². The molecule has 4 nitrogen and oxygen atoms in total. The molecule has 4 heteroatoms. The maximum absolute atomic E-state index is 11.6. The van der Waals surface area contributed by atoms with Crippen LogP contribution in [0.25, 0.3) is 11.0 Å². The molecule has 0 bridgehead atoms. The van der Waals surface area contributed by atoms with Crippen LogP contribution < -0.4 is 4.90 Å². The summed E-state index contributed by atoms with van der Waals surface area (Å²) in [6.07, 6.45) is 3.20. The Hall–Kier alpha value is -1.97. The van der Waals surface area contributed by atoms with Crippen LogP contribution in [-0.2, 0) is 4.79 Å². The minimum absolute atomic E-state index is 0.143. The fourth-order valence-corrected chi connectivity index (χ4v) is 1.97. The van der Waals surface area contributed by atoms with Crippen LogP contribution in [-0.4, -0.2) is 22.4 Å². The number of anilines is 1. The van der Waals surface area contributed by atoms with Crippen LogP contribution in [0.1, 0.15) is 12.8 Å². The smallest absolute Gasteiger partial charge is 0.228 e. The van der Waals surface area contributed by atoms with Crippen molar-refractivity contribution in [2.45, 2.75) is 12.8 Å². The highest BCUT2D eigenvalue weighted by Gasteiger charge is 2.22. The van der Waals surface area contributed by atoms with Gasteiger partial charge in [-0.1, -0.05) is 12.1 Å². The van der Waals surface area contributed by atoms with Crippen molar-refractivity contribution in [2.24, 2.45) is 0 Å². The standard InChI is InChI=1S/C12H11N3O/c16-12-6-3-7-15(12)11-8-13-9-4-1-2-5-10(9)14-11/h1-2,4-5,8H,3,6-7H2. The number of carbonyl (C=O) groups excluding carboxylic acids is 1. The highest BCUT2D eigenvalue weighted by atomic mass is 16.2. The number of hydrogen-bond acceptors (Lipinski definition) is 3. The number of rotatable bonds is 1. The van der Waals surface area contributed by atoms with Crippen molar-refractivity contribution in [2.75, 3.05) is 11.4 Å². The van der Waals surface area contributed by atoms with E-state index in [9.17, 15) is 4.79 Å². The Bertz CT molecular complexity index is 553. The summed E-state index contributed by atoms with van der Waals surface area (Å²) < 4.78 is 0. The van der Waals surface area contributed by atoms with Crippen molar-refractivity contribution in [3.8, 4) is 0 Å². The molecular formula is C12H11N3O.